The van der Waals surface area contributed by atoms with Crippen LogP contribution in [0.3, 0.4) is 0 Å². The minimum absolute atomic E-state index is 0.0171. The molecule has 1 atom stereocenters. The van der Waals surface area contributed by atoms with Crippen LogP contribution >= 0.6 is 0 Å². The molecule has 1 saturated heterocycles. The number of rotatable bonds is 7. The van der Waals surface area contributed by atoms with E-state index in [4.69, 9.17) is 9.47 Å². The summed E-state index contributed by atoms with van der Waals surface area (Å²) in [5, 5.41) is 2.79. The summed E-state index contributed by atoms with van der Waals surface area (Å²) in [6.07, 6.45) is 2.09. The Morgan fingerprint density at radius 3 is 2.77 bits per heavy atom. The third-order valence-electron chi connectivity index (χ3n) is 4.57. The number of nitrogens with zero attached hydrogens (tertiary/aromatic N) is 1. The predicted octanol–water partition coefficient (Wildman–Crippen LogP) is 3.22. The van der Waals surface area contributed by atoms with Crippen LogP contribution < -0.4 is 10.1 Å². The smallest absolute Gasteiger partial charge is 0.260 e. The Morgan fingerprint density at radius 1 is 1.35 bits per heavy atom. The molecule has 144 valence electrons. The number of hydrogen-bond donors (Lipinski definition) is 1. The molecule has 0 aromatic heterocycles. The van der Waals surface area contributed by atoms with Crippen molar-refractivity contribution in [1.29, 1.82) is 0 Å². The van der Waals surface area contributed by atoms with Gasteiger partial charge in [0.2, 0.25) is 5.91 Å². The van der Waals surface area contributed by atoms with Gasteiger partial charge in [-0.2, -0.15) is 0 Å². The van der Waals surface area contributed by atoms with Gasteiger partial charge in [-0.3, -0.25) is 9.59 Å². The van der Waals surface area contributed by atoms with Crippen molar-refractivity contribution in [3.63, 3.8) is 0 Å². The van der Waals surface area contributed by atoms with E-state index in [9.17, 15) is 9.59 Å². The molecule has 1 unspecified atom stereocenters. The number of likely N-dealkylation sites (N-methyl/N-ethyl adjacent to an activating group) is 1. The molecule has 0 saturated carbocycles. The molecule has 1 fully saturated rings. The molecule has 26 heavy (non-hydrogen) atoms. The van der Waals surface area contributed by atoms with E-state index >= 15 is 0 Å². The van der Waals surface area contributed by atoms with Crippen molar-refractivity contribution in [3.8, 4) is 5.75 Å². The number of nitrogens with one attached hydrogen (secondary N) is 1. The van der Waals surface area contributed by atoms with Crippen molar-refractivity contribution in [2.24, 2.45) is 0 Å². The van der Waals surface area contributed by atoms with Gasteiger partial charge >= 0.3 is 0 Å². The molecule has 1 N–H and O–H groups in total. The average molecular weight is 362 g/mol. The zero-order chi connectivity index (χ0) is 19.2. The largest absolute Gasteiger partial charge is 0.484 e. The normalized spacial score (nSPS) is 18.8. The first-order chi connectivity index (χ1) is 12.3. The molecule has 0 aliphatic carbocycles. The maximum absolute atomic E-state index is 12.7. The molecule has 6 heteroatoms. The quantitative estimate of drug-likeness (QED) is 0.809. The summed E-state index contributed by atoms with van der Waals surface area (Å²) >= 11 is 0. The fourth-order valence-electron chi connectivity index (χ4n) is 3.24. The summed E-state index contributed by atoms with van der Waals surface area (Å²) in [5.74, 6) is 0.478. The Hall–Kier alpha value is -2.08. The molecular weight excluding hydrogens is 332 g/mol. The lowest BCUT2D eigenvalue weighted by Gasteiger charge is -2.40. The maximum atomic E-state index is 12.7. The minimum atomic E-state index is -0.205. The number of hydrogen-bond acceptors (Lipinski definition) is 4. The highest BCUT2D eigenvalue weighted by Gasteiger charge is 2.33. The number of carbonyl (C=O) groups is 2. The van der Waals surface area contributed by atoms with E-state index in [0.717, 1.165) is 12.8 Å². The van der Waals surface area contributed by atoms with Crippen LogP contribution in [0.4, 0.5) is 5.69 Å². The second-order valence-electron chi connectivity index (χ2n) is 7.15. The molecule has 0 bridgehead atoms. The van der Waals surface area contributed by atoms with Gasteiger partial charge < -0.3 is 19.7 Å². The average Bonchev–Trinajstić information content (AvgIpc) is 2.60. The maximum Gasteiger partial charge on any atom is 0.260 e. The van der Waals surface area contributed by atoms with E-state index in [1.807, 2.05) is 11.8 Å². The Balaban J connectivity index is 1.94. The van der Waals surface area contributed by atoms with E-state index in [2.05, 4.69) is 19.2 Å². The van der Waals surface area contributed by atoms with Crippen molar-refractivity contribution in [3.05, 3.63) is 24.3 Å². The Kier molecular flexibility index (Phi) is 7.03. The van der Waals surface area contributed by atoms with Gasteiger partial charge in [0.25, 0.3) is 5.91 Å². The van der Waals surface area contributed by atoms with Gasteiger partial charge in [-0.1, -0.05) is 13.0 Å². The standard InChI is InChI=1S/C20H30N2O4/c1-5-18(23)21-15-8-7-9-17(12-15)25-14-19(24)22(6-2)16-10-11-26-20(3,4)13-16/h7-9,12,16H,5-6,10-11,13-14H2,1-4H3,(H,21,23). The van der Waals surface area contributed by atoms with Gasteiger partial charge in [-0.05, 0) is 45.7 Å². The van der Waals surface area contributed by atoms with Crippen LogP contribution in [0.1, 0.15) is 47.0 Å². The molecule has 6 nitrogen and oxygen atoms in total. The highest BCUT2D eigenvalue weighted by Crippen LogP contribution is 2.27. The van der Waals surface area contributed by atoms with Gasteiger partial charge in [0.05, 0.1) is 5.60 Å². The molecule has 1 aromatic rings. The predicted molar refractivity (Wildman–Crippen MR) is 101 cm³/mol. The van der Waals surface area contributed by atoms with Gasteiger partial charge in [0, 0.05) is 37.4 Å². The molecule has 1 aliphatic heterocycles. The van der Waals surface area contributed by atoms with Crippen LogP contribution in [0.5, 0.6) is 5.75 Å². The van der Waals surface area contributed by atoms with Gasteiger partial charge in [-0.15, -0.1) is 0 Å². The van der Waals surface area contributed by atoms with Crippen molar-refractivity contribution >= 4 is 17.5 Å². The molecule has 2 amide bonds. The summed E-state index contributed by atoms with van der Waals surface area (Å²) in [4.78, 5) is 26.0. The van der Waals surface area contributed by atoms with E-state index in [0.29, 0.717) is 31.0 Å². The highest BCUT2D eigenvalue weighted by molar-refractivity contribution is 5.90. The Labute approximate surface area is 155 Å². The van der Waals surface area contributed by atoms with Gasteiger partial charge in [-0.25, -0.2) is 0 Å². The Morgan fingerprint density at radius 2 is 2.12 bits per heavy atom. The molecule has 0 spiro atoms. The number of anilines is 1. The van der Waals surface area contributed by atoms with Crippen LogP contribution in [0.25, 0.3) is 0 Å². The number of benzene rings is 1. The summed E-state index contributed by atoms with van der Waals surface area (Å²) in [6.45, 7) is 9.20. The first-order valence-electron chi connectivity index (χ1n) is 9.30. The van der Waals surface area contributed by atoms with Crippen molar-refractivity contribution < 1.29 is 19.1 Å². The van der Waals surface area contributed by atoms with Gasteiger partial charge in [0.1, 0.15) is 5.75 Å². The van der Waals surface area contributed by atoms with E-state index in [1.54, 1.807) is 31.2 Å². The lowest BCUT2D eigenvalue weighted by Crippen LogP contribution is -2.49. The first kappa shape index (κ1) is 20.2. The van der Waals surface area contributed by atoms with Crippen molar-refractivity contribution in [2.45, 2.75) is 58.6 Å². The molecule has 1 heterocycles. The van der Waals surface area contributed by atoms with Gasteiger partial charge in [0.15, 0.2) is 6.61 Å². The van der Waals surface area contributed by atoms with Crippen LogP contribution in [0.2, 0.25) is 0 Å². The molecular formula is C20H30N2O4. The molecule has 0 radical (unpaired) electrons. The topological polar surface area (TPSA) is 67.9 Å². The molecule has 1 aliphatic rings. The third kappa shape index (κ3) is 5.73. The molecule has 1 aromatic carbocycles. The van der Waals surface area contributed by atoms with E-state index in [1.165, 1.54) is 0 Å². The number of amides is 2. The minimum Gasteiger partial charge on any atom is -0.484 e. The summed E-state index contributed by atoms with van der Waals surface area (Å²) in [6, 6.07) is 7.28. The van der Waals surface area contributed by atoms with E-state index < -0.39 is 0 Å². The second-order valence-corrected chi connectivity index (χ2v) is 7.15. The van der Waals surface area contributed by atoms with Crippen molar-refractivity contribution in [2.75, 3.05) is 25.1 Å². The summed E-state index contributed by atoms with van der Waals surface area (Å²) in [5.41, 5.74) is 0.462. The molecule has 2 rings (SSSR count). The fourth-order valence-corrected chi connectivity index (χ4v) is 3.24. The van der Waals surface area contributed by atoms with E-state index in [-0.39, 0.29) is 30.1 Å². The summed E-state index contributed by atoms with van der Waals surface area (Å²) in [7, 11) is 0. The second kappa shape index (κ2) is 9.03. The zero-order valence-corrected chi connectivity index (χ0v) is 16.2. The van der Waals surface area contributed by atoms with Crippen LogP contribution in [0.15, 0.2) is 24.3 Å². The monoisotopic (exact) mass is 362 g/mol. The van der Waals surface area contributed by atoms with Crippen LogP contribution in [-0.2, 0) is 14.3 Å². The zero-order valence-electron chi connectivity index (χ0n) is 16.2. The van der Waals surface area contributed by atoms with Crippen LogP contribution in [0, 0.1) is 0 Å². The summed E-state index contributed by atoms with van der Waals surface area (Å²) < 4.78 is 11.4. The number of ether oxygens (including phenoxy) is 2. The van der Waals surface area contributed by atoms with Crippen LogP contribution in [-0.4, -0.2) is 48.1 Å². The lowest BCUT2D eigenvalue weighted by atomic mass is 9.93. The SMILES string of the molecule is CCC(=O)Nc1cccc(OCC(=O)N(CC)C2CCOC(C)(C)C2)c1. The third-order valence-corrected chi connectivity index (χ3v) is 4.57. The highest BCUT2D eigenvalue weighted by atomic mass is 16.5. The van der Waals surface area contributed by atoms with Crippen molar-refractivity contribution in [1.82, 2.24) is 4.90 Å². The number of carbonyl (C=O) groups excluding carboxylic acids is 2. The Bertz CT molecular complexity index is 630. The first-order valence-corrected chi connectivity index (χ1v) is 9.30. The lowest BCUT2D eigenvalue weighted by molar-refractivity contribution is -0.142. The fraction of sp³-hybridized carbons (Fsp3) is 0.600.